The van der Waals surface area contributed by atoms with Crippen molar-refractivity contribution in [1.29, 1.82) is 0 Å². The molecule has 0 bridgehead atoms. The lowest BCUT2D eigenvalue weighted by molar-refractivity contribution is -0.141. The molecule has 1 unspecified atom stereocenters. The Balaban J connectivity index is 1.68. The number of aromatic hydroxyl groups is 1. The summed E-state index contributed by atoms with van der Waals surface area (Å²) in [4.78, 5) is 27.8. The van der Waals surface area contributed by atoms with Crippen molar-refractivity contribution in [2.45, 2.75) is 32.2 Å². The van der Waals surface area contributed by atoms with E-state index < -0.39 is 12.0 Å². The van der Waals surface area contributed by atoms with Crippen LogP contribution in [0.1, 0.15) is 35.2 Å². The maximum atomic E-state index is 12.7. The number of carboxylic acid groups (broad SMARTS) is 1. The Morgan fingerprint density at radius 2 is 1.92 bits per heavy atom. The van der Waals surface area contributed by atoms with Crippen molar-refractivity contribution in [3.05, 3.63) is 29.3 Å². The number of benzene rings is 1. The molecule has 0 aliphatic carbocycles. The number of nitrogens with zero attached hydrogens (tertiary/aromatic N) is 2. The molecule has 6 heteroatoms. The van der Waals surface area contributed by atoms with Gasteiger partial charge < -0.3 is 15.1 Å². The van der Waals surface area contributed by atoms with Gasteiger partial charge in [0.25, 0.3) is 5.91 Å². The van der Waals surface area contributed by atoms with E-state index in [0.717, 1.165) is 19.4 Å². The van der Waals surface area contributed by atoms with Gasteiger partial charge in [-0.05, 0) is 50.8 Å². The molecule has 2 aliphatic rings. The molecular formula is C18H24N2O4. The van der Waals surface area contributed by atoms with Crippen molar-refractivity contribution < 1.29 is 19.8 Å². The van der Waals surface area contributed by atoms with Gasteiger partial charge in [-0.1, -0.05) is 6.07 Å². The number of carbonyl (C=O) groups is 2. The van der Waals surface area contributed by atoms with E-state index in [1.54, 1.807) is 25.1 Å². The quantitative estimate of drug-likeness (QED) is 0.862. The first-order chi connectivity index (χ1) is 11.3. The minimum absolute atomic E-state index is 0.00244. The second-order valence-corrected chi connectivity index (χ2v) is 7.22. The van der Waals surface area contributed by atoms with Crippen LogP contribution in [-0.2, 0) is 4.79 Å². The number of likely N-dealkylation sites (tertiary alicyclic amines) is 2. The number of likely N-dealkylation sites (N-methyl/N-ethyl adjacent to an activating group) is 1. The number of amides is 1. The summed E-state index contributed by atoms with van der Waals surface area (Å²) in [5.74, 6) is -0.682. The number of phenolic OH excluding ortho intramolecular Hbond substituents is 1. The maximum Gasteiger partial charge on any atom is 0.320 e. The predicted octanol–water partition coefficient (Wildman–Crippen LogP) is 1.71. The minimum atomic E-state index is -0.761. The Labute approximate surface area is 141 Å². The molecule has 130 valence electrons. The molecule has 1 spiro atoms. The first-order valence-corrected chi connectivity index (χ1v) is 8.34. The summed E-state index contributed by atoms with van der Waals surface area (Å²) in [6.45, 7) is 3.79. The lowest BCUT2D eigenvalue weighted by Gasteiger charge is -2.39. The van der Waals surface area contributed by atoms with Crippen molar-refractivity contribution in [1.82, 2.24) is 9.80 Å². The van der Waals surface area contributed by atoms with E-state index in [0.29, 0.717) is 30.6 Å². The summed E-state index contributed by atoms with van der Waals surface area (Å²) in [5, 5.41) is 19.1. The second-order valence-electron chi connectivity index (χ2n) is 7.22. The molecule has 0 saturated carbocycles. The molecule has 2 heterocycles. The summed E-state index contributed by atoms with van der Waals surface area (Å²) < 4.78 is 0. The van der Waals surface area contributed by atoms with E-state index in [1.807, 2.05) is 16.8 Å². The van der Waals surface area contributed by atoms with E-state index in [-0.39, 0.29) is 17.1 Å². The smallest absolute Gasteiger partial charge is 0.320 e. The monoisotopic (exact) mass is 332 g/mol. The van der Waals surface area contributed by atoms with Crippen molar-refractivity contribution in [2.75, 3.05) is 26.7 Å². The summed E-state index contributed by atoms with van der Waals surface area (Å²) >= 11 is 0. The van der Waals surface area contributed by atoms with E-state index in [2.05, 4.69) is 0 Å². The molecule has 6 nitrogen and oxygen atoms in total. The van der Waals surface area contributed by atoms with Crippen LogP contribution in [0.4, 0.5) is 0 Å². The molecule has 0 radical (unpaired) electrons. The summed E-state index contributed by atoms with van der Waals surface area (Å²) in [6, 6.07) is 4.59. The van der Waals surface area contributed by atoms with Gasteiger partial charge in [0.1, 0.15) is 11.8 Å². The zero-order valence-corrected chi connectivity index (χ0v) is 14.2. The highest BCUT2D eigenvalue weighted by atomic mass is 16.4. The minimum Gasteiger partial charge on any atom is -0.508 e. The van der Waals surface area contributed by atoms with Gasteiger partial charge in [-0.25, -0.2) is 0 Å². The summed E-state index contributed by atoms with van der Waals surface area (Å²) in [6.07, 6.45) is 2.31. The molecule has 0 aromatic heterocycles. The highest BCUT2D eigenvalue weighted by molar-refractivity contribution is 5.96. The third kappa shape index (κ3) is 2.86. The van der Waals surface area contributed by atoms with Crippen LogP contribution in [0.3, 0.4) is 0 Å². The number of hydrogen-bond donors (Lipinski definition) is 2. The topological polar surface area (TPSA) is 81.1 Å². The Bertz CT molecular complexity index is 665. The van der Waals surface area contributed by atoms with Crippen molar-refractivity contribution in [3.8, 4) is 5.75 Å². The number of phenols is 1. The molecule has 1 amide bonds. The fourth-order valence-electron chi connectivity index (χ4n) is 4.12. The van der Waals surface area contributed by atoms with Gasteiger partial charge >= 0.3 is 5.97 Å². The fraction of sp³-hybridized carbons (Fsp3) is 0.556. The molecule has 3 rings (SSSR count). The fourth-order valence-corrected chi connectivity index (χ4v) is 4.12. The number of piperidine rings is 1. The van der Waals surface area contributed by atoms with Crippen molar-refractivity contribution in [2.24, 2.45) is 5.41 Å². The van der Waals surface area contributed by atoms with Gasteiger partial charge in [0.15, 0.2) is 0 Å². The molecule has 2 saturated heterocycles. The molecule has 2 N–H and O–H groups in total. The van der Waals surface area contributed by atoms with Crippen LogP contribution in [0, 0.1) is 12.3 Å². The molecule has 1 aromatic carbocycles. The van der Waals surface area contributed by atoms with Gasteiger partial charge in [0.2, 0.25) is 0 Å². The number of hydrogen-bond acceptors (Lipinski definition) is 4. The van der Waals surface area contributed by atoms with E-state index in [1.165, 1.54) is 0 Å². The second kappa shape index (κ2) is 6.09. The Kier molecular flexibility index (Phi) is 4.25. The average Bonchev–Trinajstić information content (AvgIpc) is 2.87. The van der Waals surface area contributed by atoms with Gasteiger partial charge in [-0.15, -0.1) is 0 Å². The number of carboxylic acids is 1. The normalized spacial score (nSPS) is 23.6. The van der Waals surface area contributed by atoms with Crippen LogP contribution in [0.5, 0.6) is 5.75 Å². The Hall–Kier alpha value is -2.08. The van der Waals surface area contributed by atoms with Gasteiger partial charge in [0, 0.05) is 30.8 Å². The van der Waals surface area contributed by atoms with Gasteiger partial charge in [-0.3, -0.25) is 14.5 Å². The Morgan fingerprint density at radius 3 is 2.50 bits per heavy atom. The van der Waals surface area contributed by atoms with Crippen LogP contribution in [-0.4, -0.2) is 64.6 Å². The molecule has 2 aliphatic heterocycles. The van der Waals surface area contributed by atoms with Crippen LogP contribution in [0.15, 0.2) is 18.2 Å². The van der Waals surface area contributed by atoms with Crippen molar-refractivity contribution in [3.63, 3.8) is 0 Å². The van der Waals surface area contributed by atoms with E-state index in [4.69, 9.17) is 0 Å². The van der Waals surface area contributed by atoms with E-state index in [9.17, 15) is 19.8 Å². The lowest BCUT2D eigenvalue weighted by atomic mass is 9.76. The number of rotatable bonds is 2. The SMILES string of the molecule is Cc1c(O)cccc1C(=O)N1CCC2(CC1)CC(C(=O)O)N(C)C2. The first kappa shape index (κ1) is 16.8. The molecule has 1 atom stereocenters. The van der Waals surface area contributed by atoms with Gasteiger partial charge in [0.05, 0.1) is 0 Å². The van der Waals surface area contributed by atoms with Crippen LogP contribution >= 0.6 is 0 Å². The maximum absolute atomic E-state index is 12.7. The number of carbonyl (C=O) groups excluding carboxylic acids is 1. The van der Waals surface area contributed by atoms with Gasteiger partial charge in [-0.2, -0.15) is 0 Å². The van der Waals surface area contributed by atoms with Crippen molar-refractivity contribution >= 4 is 11.9 Å². The largest absolute Gasteiger partial charge is 0.508 e. The standard InChI is InChI=1S/C18H24N2O4/c1-12-13(4-3-5-15(12)21)16(22)20-8-6-18(7-9-20)10-14(17(23)24)19(2)11-18/h3-5,14,21H,6-11H2,1-2H3,(H,23,24). The van der Waals surface area contributed by atoms with Crippen LogP contribution in [0.25, 0.3) is 0 Å². The zero-order chi connectivity index (χ0) is 17.5. The molecule has 24 heavy (non-hydrogen) atoms. The third-order valence-corrected chi connectivity index (χ3v) is 5.68. The predicted molar refractivity (Wildman–Crippen MR) is 89.1 cm³/mol. The van der Waals surface area contributed by atoms with Crippen LogP contribution in [0.2, 0.25) is 0 Å². The lowest BCUT2D eigenvalue weighted by Crippen LogP contribution is -2.44. The molecular weight excluding hydrogens is 308 g/mol. The highest BCUT2D eigenvalue weighted by Gasteiger charge is 2.47. The zero-order valence-electron chi connectivity index (χ0n) is 14.2. The van der Waals surface area contributed by atoms with Crippen LogP contribution < -0.4 is 0 Å². The summed E-state index contributed by atoms with van der Waals surface area (Å²) in [7, 11) is 1.86. The molecule has 1 aromatic rings. The first-order valence-electron chi connectivity index (χ1n) is 8.34. The third-order valence-electron chi connectivity index (χ3n) is 5.68. The highest BCUT2D eigenvalue weighted by Crippen LogP contribution is 2.43. The average molecular weight is 332 g/mol. The summed E-state index contributed by atoms with van der Waals surface area (Å²) in [5.41, 5.74) is 1.15. The molecule has 2 fully saturated rings. The van der Waals surface area contributed by atoms with E-state index >= 15 is 0 Å². The Morgan fingerprint density at radius 1 is 1.25 bits per heavy atom. The number of aliphatic carboxylic acids is 1.